The number of nitrogens with one attached hydrogen (secondary N) is 1. The van der Waals surface area contributed by atoms with Gasteiger partial charge in [0.25, 0.3) is 0 Å². The summed E-state index contributed by atoms with van der Waals surface area (Å²) in [5, 5.41) is 12.3. The van der Waals surface area contributed by atoms with Crippen LogP contribution in [-0.2, 0) is 6.54 Å². The minimum atomic E-state index is -0.211. The fourth-order valence-corrected chi connectivity index (χ4v) is 1.73. The third-order valence-electron chi connectivity index (χ3n) is 2.92. The minimum absolute atomic E-state index is 0.211. The first kappa shape index (κ1) is 14.5. The molecule has 1 N–H and O–H groups in total. The molecule has 3 nitrogen and oxygen atoms in total. The monoisotopic (exact) mass is 246 g/mol. The topological polar surface area (TPSA) is 45.0 Å². The van der Waals surface area contributed by atoms with E-state index in [0.29, 0.717) is 0 Å². The van der Waals surface area contributed by atoms with Crippen LogP contribution in [0.1, 0.15) is 32.3 Å². The van der Waals surface area contributed by atoms with E-state index in [2.05, 4.69) is 17.5 Å². The molecular formula is C15H22N2O. The second-order valence-electron chi connectivity index (χ2n) is 5.13. The summed E-state index contributed by atoms with van der Waals surface area (Å²) in [6.07, 6.45) is 1.94. The predicted octanol–water partition coefficient (Wildman–Crippen LogP) is 3.11. The summed E-state index contributed by atoms with van der Waals surface area (Å²) in [4.78, 5) is 0. The molecule has 0 unspecified atom stereocenters. The van der Waals surface area contributed by atoms with Gasteiger partial charge in [-0.15, -0.1) is 0 Å². The fourth-order valence-electron chi connectivity index (χ4n) is 1.73. The lowest BCUT2D eigenvalue weighted by Gasteiger charge is -2.14. The molecule has 0 fully saturated rings. The number of methoxy groups -OCH3 is 1. The van der Waals surface area contributed by atoms with Gasteiger partial charge in [-0.2, -0.15) is 5.26 Å². The molecule has 0 amide bonds. The maximum Gasteiger partial charge on any atom is 0.119 e. The highest BCUT2D eigenvalue weighted by Crippen LogP contribution is 2.20. The Morgan fingerprint density at radius 2 is 2.17 bits per heavy atom. The fraction of sp³-hybridized carbons (Fsp3) is 0.533. The van der Waals surface area contributed by atoms with E-state index in [1.807, 2.05) is 32.0 Å². The Morgan fingerprint density at radius 1 is 1.39 bits per heavy atom. The van der Waals surface area contributed by atoms with Crippen LogP contribution in [-0.4, -0.2) is 13.7 Å². The van der Waals surface area contributed by atoms with Gasteiger partial charge >= 0.3 is 0 Å². The van der Waals surface area contributed by atoms with Gasteiger partial charge in [-0.1, -0.05) is 12.1 Å². The largest absolute Gasteiger partial charge is 0.497 e. The van der Waals surface area contributed by atoms with E-state index in [0.717, 1.165) is 31.7 Å². The van der Waals surface area contributed by atoms with Crippen molar-refractivity contribution in [1.82, 2.24) is 5.32 Å². The first-order valence-electron chi connectivity index (χ1n) is 6.32. The molecule has 1 rings (SSSR count). The van der Waals surface area contributed by atoms with E-state index in [9.17, 15) is 0 Å². The molecule has 1 aromatic rings. The van der Waals surface area contributed by atoms with Crippen molar-refractivity contribution in [2.75, 3.05) is 13.7 Å². The standard InChI is InChI=1S/C15H22N2O/c1-15(2,12-16)8-5-9-17-11-13-6-4-7-14(10-13)18-3/h4,6-7,10,17H,5,8-9,11H2,1-3H3. The molecule has 1 aromatic carbocycles. The van der Waals surface area contributed by atoms with Crippen LogP contribution in [0.5, 0.6) is 5.75 Å². The molecule has 0 saturated heterocycles. The van der Waals surface area contributed by atoms with Crippen LogP contribution in [0.3, 0.4) is 0 Å². The van der Waals surface area contributed by atoms with Gasteiger partial charge in [-0.25, -0.2) is 0 Å². The first-order valence-corrected chi connectivity index (χ1v) is 6.32. The van der Waals surface area contributed by atoms with Crippen molar-refractivity contribution in [3.8, 4) is 11.8 Å². The van der Waals surface area contributed by atoms with Gasteiger partial charge in [0.15, 0.2) is 0 Å². The van der Waals surface area contributed by atoms with Crippen LogP contribution in [0, 0.1) is 16.7 Å². The van der Waals surface area contributed by atoms with E-state index in [4.69, 9.17) is 10.00 Å². The molecule has 0 aliphatic rings. The smallest absolute Gasteiger partial charge is 0.119 e. The highest BCUT2D eigenvalue weighted by molar-refractivity contribution is 5.28. The van der Waals surface area contributed by atoms with E-state index in [1.165, 1.54) is 5.56 Å². The van der Waals surface area contributed by atoms with Gasteiger partial charge in [0.05, 0.1) is 18.6 Å². The van der Waals surface area contributed by atoms with Gasteiger partial charge in [0.1, 0.15) is 5.75 Å². The molecule has 0 saturated carbocycles. The molecule has 0 aliphatic heterocycles. The van der Waals surface area contributed by atoms with Crippen molar-refractivity contribution in [2.45, 2.75) is 33.2 Å². The minimum Gasteiger partial charge on any atom is -0.497 e. The zero-order valence-electron chi connectivity index (χ0n) is 11.5. The Morgan fingerprint density at radius 3 is 2.83 bits per heavy atom. The highest BCUT2D eigenvalue weighted by atomic mass is 16.5. The molecule has 0 radical (unpaired) electrons. The molecule has 0 aliphatic carbocycles. The quantitative estimate of drug-likeness (QED) is 0.752. The summed E-state index contributed by atoms with van der Waals surface area (Å²) < 4.78 is 5.18. The van der Waals surface area contributed by atoms with Crippen LogP contribution >= 0.6 is 0 Å². The number of hydrogen-bond donors (Lipinski definition) is 1. The van der Waals surface area contributed by atoms with E-state index < -0.39 is 0 Å². The van der Waals surface area contributed by atoms with Gasteiger partial charge in [-0.3, -0.25) is 0 Å². The van der Waals surface area contributed by atoms with Crippen molar-refractivity contribution in [3.05, 3.63) is 29.8 Å². The van der Waals surface area contributed by atoms with Crippen molar-refractivity contribution in [1.29, 1.82) is 5.26 Å². The van der Waals surface area contributed by atoms with Gasteiger partial charge < -0.3 is 10.1 Å². The maximum atomic E-state index is 8.90. The molecule has 0 heterocycles. The summed E-state index contributed by atoms with van der Waals surface area (Å²) in [5.74, 6) is 0.889. The molecule has 0 bridgehead atoms. The molecule has 0 atom stereocenters. The average molecular weight is 246 g/mol. The Balaban J connectivity index is 2.24. The molecular weight excluding hydrogens is 224 g/mol. The van der Waals surface area contributed by atoms with Crippen molar-refractivity contribution in [3.63, 3.8) is 0 Å². The summed E-state index contributed by atoms with van der Waals surface area (Å²) in [6.45, 7) is 5.73. The zero-order valence-corrected chi connectivity index (χ0v) is 11.5. The predicted molar refractivity (Wildman–Crippen MR) is 73.3 cm³/mol. The lowest BCUT2D eigenvalue weighted by atomic mass is 9.90. The van der Waals surface area contributed by atoms with Crippen LogP contribution < -0.4 is 10.1 Å². The second-order valence-corrected chi connectivity index (χ2v) is 5.13. The Labute approximate surface area is 110 Å². The van der Waals surface area contributed by atoms with Gasteiger partial charge in [0.2, 0.25) is 0 Å². The van der Waals surface area contributed by atoms with E-state index >= 15 is 0 Å². The Kier molecular flexibility index (Phi) is 5.67. The van der Waals surface area contributed by atoms with Crippen molar-refractivity contribution >= 4 is 0 Å². The number of hydrogen-bond acceptors (Lipinski definition) is 3. The first-order chi connectivity index (χ1) is 8.57. The number of ether oxygens (including phenoxy) is 1. The summed E-state index contributed by atoms with van der Waals surface area (Å²) >= 11 is 0. The molecule has 18 heavy (non-hydrogen) atoms. The number of benzene rings is 1. The summed E-state index contributed by atoms with van der Waals surface area (Å²) in [5.41, 5.74) is 1.01. The second kappa shape index (κ2) is 7.03. The average Bonchev–Trinajstić information content (AvgIpc) is 2.38. The number of nitrogens with zero attached hydrogens (tertiary/aromatic N) is 1. The third-order valence-corrected chi connectivity index (χ3v) is 2.92. The van der Waals surface area contributed by atoms with E-state index in [1.54, 1.807) is 7.11 Å². The summed E-state index contributed by atoms with van der Waals surface area (Å²) in [6, 6.07) is 10.4. The zero-order chi connectivity index (χ0) is 13.4. The third kappa shape index (κ3) is 5.20. The van der Waals surface area contributed by atoms with Crippen LogP contribution in [0.4, 0.5) is 0 Å². The van der Waals surface area contributed by atoms with E-state index in [-0.39, 0.29) is 5.41 Å². The van der Waals surface area contributed by atoms with Gasteiger partial charge in [-0.05, 0) is 50.9 Å². The molecule has 3 heteroatoms. The lowest BCUT2D eigenvalue weighted by Crippen LogP contribution is -2.17. The SMILES string of the molecule is COc1cccc(CNCCCC(C)(C)C#N)c1. The summed E-state index contributed by atoms with van der Waals surface area (Å²) in [7, 11) is 1.68. The van der Waals surface area contributed by atoms with Crippen LogP contribution in [0.15, 0.2) is 24.3 Å². The normalized spacial score (nSPS) is 11.0. The van der Waals surface area contributed by atoms with Crippen molar-refractivity contribution < 1.29 is 4.74 Å². The molecule has 0 aromatic heterocycles. The Bertz CT molecular complexity index is 407. The lowest BCUT2D eigenvalue weighted by molar-refractivity contribution is 0.413. The number of nitriles is 1. The molecule has 98 valence electrons. The van der Waals surface area contributed by atoms with Crippen LogP contribution in [0.25, 0.3) is 0 Å². The van der Waals surface area contributed by atoms with Crippen LogP contribution in [0.2, 0.25) is 0 Å². The highest BCUT2D eigenvalue weighted by Gasteiger charge is 2.15. The number of rotatable bonds is 7. The van der Waals surface area contributed by atoms with Gasteiger partial charge in [0, 0.05) is 6.54 Å². The molecule has 0 spiro atoms. The maximum absolute atomic E-state index is 8.90. The van der Waals surface area contributed by atoms with Crippen molar-refractivity contribution in [2.24, 2.45) is 5.41 Å². The Hall–Kier alpha value is -1.53.